The number of methoxy groups -OCH3 is 1. The standard InChI is InChI=1S/C22H18ClN3O3S/c1-29-20-10-9-17(23)12-16(20)14-24-26-22(28)19(13-18-8-5-11-30-18)25-21(27)15-6-3-2-4-7-15/h2-14H,1H3,(H,25,27)(H,26,28)/b19-13+,24-14+. The Bertz CT molecular complexity index is 1080. The summed E-state index contributed by atoms with van der Waals surface area (Å²) in [7, 11) is 1.53. The van der Waals surface area contributed by atoms with Gasteiger partial charge in [0.25, 0.3) is 11.8 Å². The molecule has 2 N–H and O–H groups in total. The Morgan fingerprint density at radius 1 is 1.10 bits per heavy atom. The highest BCUT2D eigenvalue weighted by molar-refractivity contribution is 7.10. The first kappa shape index (κ1) is 21.3. The molecule has 2 aromatic carbocycles. The van der Waals surface area contributed by atoms with E-state index in [4.69, 9.17) is 16.3 Å². The van der Waals surface area contributed by atoms with Crippen LogP contribution >= 0.6 is 22.9 Å². The second kappa shape index (κ2) is 10.4. The van der Waals surface area contributed by atoms with Gasteiger partial charge in [-0.05, 0) is 47.9 Å². The molecular weight excluding hydrogens is 422 g/mol. The van der Waals surface area contributed by atoms with E-state index in [0.717, 1.165) is 4.88 Å². The number of benzene rings is 2. The molecule has 0 unspecified atom stereocenters. The van der Waals surface area contributed by atoms with Crippen molar-refractivity contribution in [1.29, 1.82) is 0 Å². The SMILES string of the molecule is COc1ccc(Cl)cc1/C=N/NC(=O)/C(=C\c1cccs1)NC(=O)c1ccccc1. The van der Waals surface area contributed by atoms with Gasteiger partial charge in [-0.15, -0.1) is 11.3 Å². The van der Waals surface area contributed by atoms with E-state index in [0.29, 0.717) is 21.9 Å². The van der Waals surface area contributed by atoms with E-state index in [1.54, 1.807) is 48.5 Å². The molecule has 152 valence electrons. The second-order valence-electron chi connectivity index (χ2n) is 5.98. The summed E-state index contributed by atoms with van der Waals surface area (Å²) >= 11 is 7.44. The summed E-state index contributed by atoms with van der Waals surface area (Å²) < 4.78 is 5.25. The van der Waals surface area contributed by atoms with Crippen molar-refractivity contribution in [2.75, 3.05) is 7.11 Å². The average molecular weight is 440 g/mol. The Morgan fingerprint density at radius 3 is 2.60 bits per heavy atom. The predicted octanol–water partition coefficient (Wildman–Crippen LogP) is 4.33. The number of halogens is 1. The summed E-state index contributed by atoms with van der Waals surface area (Å²) in [6, 6.07) is 17.4. The van der Waals surface area contributed by atoms with Crippen LogP contribution in [-0.2, 0) is 4.79 Å². The van der Waals surface area contributed by atoms with Gasteiger partial charge >= 0.3 is 0 Å². The molecule has 0 atom stereocenters. The van der Waals surface area contributed by atoms with Gasteiger partial charge in [0.05, 0.1) is 13.3 Å². The highest BCUT2D eigenvalue weighted by Gasteiger charge is 2.14. The van der Waals surface area contributed by atoms with Crippen molar-refractivity contribution in [3.05, 3.63) is 92.8 Å². The summed E-state index contributed by atoms with van der Waals surface area (Å²) in [4.78, 5) is 26.0. The molecule has 30 heavy (non-hydrogen) atoms. The molecule has 0 aliphatic heterocycles. The highest BCUT2D eigenvalue weighted by atomic mass is 35.5. The molecule has 0 saturated carbocycles. The number of hydrogen-bond acceptors (Lipinski definition) is 5. The number of ether oxygens (including phenoxy) is 1. The zero-order valence-corrected chi connectivity index (χ0v) is 17.5. The Hall–Kier alpha value is -3.42. The van der Waals surface area contributed by atoms with Crippen LogP contribution in [0.15, 0.2) is 76.8 Å². The van der Waals surface area contributed by atoms with Crippen molar-refractivity contribution >= 4 is 47.0 Å². The number of nitrogens with zero attached hydrogens (tertiary/aromatic N) is 1. The molecule has 3 aromatic rings. The van der Waals surface area contributed by atoms with Crippen LogP contribution < -0.4 is 15.5 Å². The van der Waals surface area contributed by atoms with Crippen LogP contribution in [-0.4, -0.2) is 25.1 Å². The fraction of sp³-hybridized carbons (Fsp3) is 0.0455. The molecule has 6 nitrogen and oxygen atoms in total. The van der Waals surface area contributed by atoms with Crippen LogP contribution in [0.4, 0.5) is 0 Å². The molecule has 0 fully saturated rings. The maximum absolute atomic E-state index is 12.7. The molecule has 0 radical (unpaired) electrons. The highest BCUT2D eigenvalue weighted by Crippen LogP contribution is 2.20. The molecule has 0 spiro atoms. The van der Waals surface area contributed by atoms with Crippen LogP contribution in [0.25, 0.3) is 6.08 Å². The monoisotopic (exact) mass is 439 g/mol. The van der Waals surface area contributed by atoms with E-state index in [1.165, 1.54) is 24.7 Å². The first-order valence-corrected chi connectivity index (χ1v) is 10.1. The van der Waals surface area contributed by atoms with E-state index >= 15 is 0 Å². The summed E-state index contributed by atoms with van der Waals surface area (Å²) in [6.45, 7) is 0. The Morgan fingerprint density at radius 2 is 1.90 bits per heavy atom. The summed E-state index contributed by atoms with van der Waals surface area (Å²) in [5.41, 5.74) is 3.53. The Labute approximate surface area is 182 Å². The van der Waals surface area contributed by atoms with Crippen LogP contribution in [0, 0.1) is 0 Å². The predicted molar refractivity (Wildman–Crippen MR) is 120 cm³/mol. The maximum Gasteiger partial charge on any atom is 0.287 e. The third-order valence-electron chi connectivity index (χ3n) is 3.92. The Balaban J connectivity index is 1.77. The van der Waals surface area contributed by atoms with Gasteiger partial charge in [0, 0.05) is 21.0 Å². The molecule has 1 heterocycles. The van der Waals surface area contributed by atoms with E-state index in [1.807, 2.05) is 23.6 Å². The molecule has 0 aliphatic carbocycles. The van der Waals surface area contributed by atoms with Crippen LogP contribution in [0.3, 0.4) is 0 Å². The van der Waals surface area contributed by atoms with Gasteiger partial charge in [-0.25, -0.2) is 5.43 Å². The van der Waals surface area contributed by atoms with Gasteiger partial charge in [0.15, 0.2) is 0 Å². The minimum Gasteiger partial charge on any atom is -0.496 e. The summed E-state index contributed by atoms with van der Waals surface area (Å²) in [5.74, 6) is -0.400. The number of carbonyl (C=O) groups excluding carboxylic acids is 2. The van der Waals surface area contributed by atoms with Crippen LogP contribution in [0.1, 0.15) is 20.8 Å². The fourth-order valence-corrected chi connectivity index (χ4v) is 3.32. The summed E-state index contributed by atoms with van der Waals surface area (Å²) in [5, 5.41) is 9.01. The lowest BCUT2D eigenvalue weighted by Gasteiger charge is -2.09. The minimum atomic E-state index is -0.565. The lowest BCUT2D eigenvalue weighted by Crippen LogP contribution is -2.32. The van der Waals surface area contributed by atoms with E-state index in [2.05, 4.69) is 15.8 Å². The molecule has 3 rings (SSSR count). The lowest BCUT2D eigenvalue weighted by atomic mass is 10.2. The number of hydrogen-bond donors (Lipinski definition) is 2. The smallest absolute Gasteiger partial charge is 0.287 e. The number of thiophene rings is 1. The molecule has 1 aromatic heterocycles. The zero-order chi connectivity index (χ0) is 21.3. The third-order valence-corrected chi connectivity index (χ3v) is 4.97. The zero-order valence-electron chi connectivity index (χ0n) is 16.0. The third kappa shape index (κ3) is 5.79. The lowest BCUT2D eigenvalue weighted by molar-refractivity contribution is -0.117. The molecule has 0 saturated heterocycles. The first-order chi connectivity index (χ1) is 14.6. The fourth-order valence-electron chi connectivity index (χ4n) is 2.48. The number of nitrogens with one attached hydrogen (secondary N) is 2. The summed E-state index contributed by atoms with van der Waals surface area (Å²) in [6.07, 6.45) is 3.01. The van der Waals surface area contributed by atoms with Crippen LogP contribution in [0.2, 0.25) is 5.02 Å². The number of amides is 2. The normalized spacial score (nSPS) is 11.3. The number of hydrazone groups is 1. The van der Waals surface area contributed by atoms with E-state index < -0.39 is 11.8 Å². The van der Waals surface area contributed by atoms with Crippen molar-refractivity contribution in [2.24, 2.45) is 5.10 Å². The van der Waals surface area contributed by atoms with Crippen molar-refractivity contribution < 1.29 is 14.3 Å². The van der Waals surface area contributed by atoms with Crippen molar-refractivity contribution in [2.45, 2.75) is 0 Å². The number of carbonyl (C=O) groups is 2. The minimum absolute atomic E-state index is 0.0708. The topological polar surface area (TPSA) is 79.8 Å². The average Bonchev–Trinajstić information content (AvgIpc) is 3.27. The van der Waals surface area contributed by atoms with Crippen molar-refractivity contribution in [3.8, 4) is 5.75 Å². The van der Waals surface area contributed by atoms with Crippen molar-refractivity contribution in [1.82, 2.24) is 10.7 Å². The van der Waals surface area contributed by atoms with Gasteiger partial charge in [-0.1, -0.05) is 35.9 Å². The van der Waals surface area contributed by atoms with Gasteiger partial charge in [-0.3, -0.25) is 9.59 Å². The quantitative estimate of drug-likeness (QED) is 0.326. The molecule has 8 heteroatoms. The Kier molecular flexibility index (Phi) is 7.37. The molecule has 2 amide bonds. The van der Waals surface area contributed by atoms with Gasteiger partial charge in [0.1, 0.15) is 11.4 Å². The van der Waals surface area contributed by atoms with E-state index in [9.17, 15) is 9.59 Å². The van der Waals surface area contributed by atoms with Gasteiger partial charge in [-0.2, -0.15) is 5.10 Å². The van der Waals surface area contributed by atoms with Crippen LogP contribution in [0.5, 0.6) is 5.75 Å². The maximum atomic E-state index is 12.7. The van der Waals surface area contributed by atoms with Crippen molar-refractivity contribution in [3.63, 3.8) is 0 Å². The second-order valence-corrected chi connectivity index (χ2v) is 7.39. The molecular formula is C22H18ClN3O3S. The molecule has 0 aliphatic rings. The number of rotatable bonds is 7. The van der Waals surface area contributed by atoms with Gasteiger partial charge in [0.2, 0.25) is 0 Å². The largest absolute Gasteiger partial charge is 0.496 e. The van der Waals surface area contributed by atoms with E-state index in [-0.39, 0.29) is 5.70 Å². The molecule has 0 bridgehead atoms. The van der Waals surface area contributed by atoms with Gasteiger partial charge < -0.3 is 10.1 Å². The first-order valence-electron chi connectivity index (χ1n) is 8.85.